The van der Waals surface area contributed by atoms with E-state index in [1.807, 2.05) is 44.2 Å². The molecule has 5 nitrogen and oxygen atoms in total. The molecule has 0 aliphatic rings. The highest BCUT2D eigenvalue weighted by Gasteiger charge is 2.13. The molecule has 1 heterocycles. The zero-order valence-corrected chi connectivity index (χ0v) is 12.4. The van der Waals surface area contributed by atoms with Crippen LogP contribution in [0.4, 0.5) is 0 Å². The fourth-order valence-corrected chi connectivity index (χ4v) is 2.22. The first kappa shape index (κ1) is 15.3. The van der Waals surface area contributed by atoms with E-state index in [1.165, 1.54) is 0 Å². The van der Waals surface area contributed by atoms with Gasteiger partial charge in [-0.1, -0.05) is 30.3 Å². The van der Waals surface area contributed by atoms with Crippen LogP contribution in [0.1, 0.15) is 41.2 Å². The molecule has 0 saturated carbocycles. The normalized spacial score (nSPS) is 12.1. The molecule has 0 unspecified atom stereocenters. The summed E-state index contributed by atoms with van der Waals surface area (Å²) >= 11 is 0. The molecule has 0 fully saturated rings. The predicted octanol–water partition coefficient (Wildman–Crippen LogP) is 2.06. The third-order valence-corrected chi connectivity index (χ3v) is 3.32. The van der Waals surface area contributed by atoms with Gasteiger partial charge in [-0.25, -0.2) is 0 Å². The van der Waals surface area contributed by atoms with Gasteiger partial charge in [-0.3, -0.25) is 9.48 Å². The molecule has 0 aliphatic carbocycles. The Balaban J connectivity index is 1.87. The summed E-state index contributed by atoms with van der Waals surface area (Å²) < 4.78 is 1.68. The Morgan fingerprint density at radius 3 is 2.76 bits per heavy atom. The second kappa shape index (κ2) is 7.04. The van der Waals surface area contributed by atoms with Gasteiger partial charge in [0.25, 0.3) is 5.91 Å². The Kier molecular flexibility index (Phi) is 5.11. The van der Waals surface area contributed by atoms with E-state index in [0.29, 0.717) is 25.2 Å². The maximum absolute atomic E-state index is 12.1. The molecule has 112 valence electrons. The SMILES string of the molecule is CCn1nc(C)cc1C(=O)NCC[C@@H](O)c1ccccc1. The highest BCUT2D eigenvalue weighted by Crippen LogP contribution is 2.15. The Bertz CT molecular complexity index is 593. The van der Waals surface area contributed by atoms with Crippen molar-refractivity contribution >= 4 is 5.91 Å². The summed E-state index contributed by atoms with van der Waals surface area (Å²) in [4.78, 5) is 12.1. The Morgan fingerprint density at radius 2 is 2.10 bits per heavy atom. The first-order valence-corrected chi connectivity index (χ1v) is 7.17. The largest absolute Gasteiger partial charge is 0.388 e. The summed E-state index contributed by atoms with van der Waals surface area (Å²) in [6, 6.07) is 11.2. The van der Waals surface area contributed by atoms with Crippen molar-refractivity contribution in [2.75, 3.05) is 6.54 Å². The van der Waals surface area contributed by atoms with E-state index >= 15 is 0 Å². The lowest BCUT2D eigenvalue weighted by Gasteiger charge is -2.11. The lowest BCUT2D eigenvalue weighted by atomic mass is 10.1. The van der Waals surface area contributed by atoms with Gasteiger partial charge >= 0.3 is 0 Å². The number of nitrogens with one attached hydrogen (secondary N) is 1. The summed E-state index contributed by atoms with van der Waals surface area (Å²) in [5.41, 5.74) is 2.25. The number of carbonyl (C=O) groups excluding carboxylic acids is 1. The van der Waals surface area contributed by atoms with Gasteiger partial charge in [0.1, 0.15) is 5.69 Å². The molecule has 2 rings (SSSR count). The zero-order valence-electron chi connectivity index (χ0n) is 12.4. The summed E-state index contributed by atoms with van der Waals surface area (Å²) in [7, 11) is 0. The molecule has 1 aromatic heterocycles. The molecule has 1 aromatic carbocycles. The number of hydrogen-bond acceptors (Lipinski definition) is 3. The van der Waals surface area contributed by atoms with Crippen molar-refractivity contribution in [2.24, 2.45) is 0 Å². The standard InChI is InChI=1S/C16H21N3O2/c1-3-19-14(11-12(2)18-19)16(21)17-10-9-15(20)13-7-5-4-6-8-13/h4-8,11,15,20H,3,9-10H2,1-2H3,(H,17,21)/t15-/m1/s1. The molecule has 5 heteroatoms. The van der Waals surface area contributed by atoms with Crippen LogP contribution >= 0.6 is 0 Å². The quantitative estimate of drug-likeness (QED) is 0.854. The molecule has 2 aromatic rings. The smallest absolute Gasteiger partial charge is 0.269 e. The van der Waals surface area contributed by atoms with Gasteiger partial charge in [0.05, 0.1) is 11.8 Å². The lowest BCUT2D eigenvalue weighted by Crippen LogP contribution is -2.28. The number of aliphatic hydroxyl groups is 1. The number of amides is 1. The topological polar surface area (TPSA) is 67.2 Å². The van der Waals surface area contributed by atoms with Crippen molar-refractivity contribution in [3.05, 3.63) is 53.3 Å². The number of benzene rings is 1. The van der Waals surface area contributed by atoms with Crippen LogP contribution in [-0.4, -0.2) is 27.3 Å². The molecule has 0 saturated heterocycles. The van der Waals surface area contributed by atoms with E-state index in [-0.39, 0.29) is 5.91 Å². The van der Waals surface area contributed by atoms with Crippen molar-refractivity contribution in [3.8, 4) is 0 Å². The third-order valence-electron chi connectivity index (χ3n) is 3.32. The molecular formula is C16H21N3O2. The Morgan fingerprint density at radius 1 is 1.38 bits per heavy atom. The first-order valence-electron chi connectivity index (χ1n) is 7.17. The van der Waals surface area contributed by atoms with Crippen LogP contribution < -0.4 is 5.32 Å². The number of nitrogens with zero attached hydrogens (tertiary/aromatic N) is 2. The van der Waals surface area contributed by atoms with Crippen molar-refractivity contribution in [1.29, 1.82) is 0 Å². The average molecular weight is 287 g/mol. The van der Waals surface area contributed by atoms with Gasteiger partial charge in [-0.2, -0.15) is 5.10 Å². The van der Waals surface area contributed by atoms with Crippen molar-refractivity contribution in [1.82, 2.24) is 15.1 Å². The number of aliphatic hydroxyl groups excluding tert-OH is 1. The molecule has 0 radical (unpaired) electrons. The van der Waals surface area contributed by atoms with Crippen LogP contribution in [-0.2, 0) is 6.54 Å². The fraction of sp³-hybridized carbons (Fsp3) is 0.375. The minimum absolute atomic E-state index is 0.155. The van der Waals surface area contributed by atoms with E-state index in [0.717, 1.165) is 11.3 Å². The fourth-order valence-electron chi connectivity index (χ4n) is 2.22. The average Bonchev–Trinajstić information content (AvgIpc) is 2.89. The van der Waals surface area contributed by atoms with Crippen LogP contribution in [0, 0.1) is 6.92 Å². The number of rotatable bonds is 6. The summed E-state index contributed by atoms with van der Waals surface area (Å²) in [6.45, 7) is 4.89. The van der Waals surface area contributed by atoms with Gasteiger partial charge < -0.3 is 10.4 Å². The predicted molar refractivity (Wildman–Crippen MR) is 81.0 cm³/mol. The maximum atomic E-state index is 12.1. The first-order chi connectivity index (χ1) is 10.1. The lowest BCUT2D eigenvalue weighted by molar-refractivity contribution is 0.0932. The molecule has 21 heavy (non-hydrogen) atoms. The zero-order chi connectivity index (χ0) is 15.2. The van der Waals surface area contributed by atoms with E-state index < -0.39 is 6.10 Å². The molecule has 2 N–H and O–H groups in total. The number of aryl methyl sites for hydroxylation is 2. The van der Waals surface area contributed by atoms with Crippen LogP contribution in [0.25, 0.3) is 0 Å². The monoisotopic (exact) mass is 287 g/mol. The number of carbonyl (C=O) groups is 1. The summed E-state index contributed by atoms with van der Waals surface area (Å²) in [6.07, 6.45) is -0.0843. The van der Waals surface area contributed by atoms with Gasteiger partial charge in [-0.15, -0.1) is 0 Å². The van der Waals surface area contributed by atoms with Crippen LogP contribution in [0.3, 0.4) is 0 Å². The Labute approximate surface area is 124 Å². The van der Waals surface area contributed by atoms with Gasteiger partial charge in [0.15, 0.2) is 0 Å². The van der Waals surface area contributed by atoms with Crippen LogP contribution in [0.15, 0.2) is 36.4 Å². The summed E-state index contributed by atoms with van der Waals surface area (Å²) in [5, 5.41) is 17.1. The van der Waals surface area contributed by atoms with Crippen molar-refractivity contribution in [2.45, 2.75) is 32.9 Å². The second-order valence-electron chi connectivity index (χ2n) is 4.96. The molecule has 1 amide bonds. The van der Waals surface area contributed by atoms with Gasteiger partial charge in [0, 0.05) is 13.1 Å². The van der Waals surface area contributed by atoms with Gasteiger partial charge in [0.2, 0.25) is 0 Å². The van der Waals surface area contributed by atoms with Gasteiger partial charge in [-0.05, 0) is 31.9 Å². The van der Waals surface area contributed by atoms with Crippen molar-refractivity contribution in [3.63, 3.8) is 0 Å². The highest BCUT2D eigenvalue weighted by atomic mass is 16.3. The van der Waals surface area contributed by atoms with Crippen LogP contribution in [0.2, 0.25) is 0 Å². The van der Waals surface area contributed by atoms with E-state index in [1.54, 1.807) is 10.7 Å². The molecule has 0 bridgehead atoms. The highest BCUT2D eigenvalue weighted by molar-refractivity contribution is 5.92. The van der Waals surface area contributed by atoms with E-state index in [9.17, 15) is 9.90 Å². The minimum atomic E-state index is -0.565. The molecule has 1 atom stereocenters. The third kappa shape index (κ3) is 3.92. The van der Waals surface area contributed by atoms with E-state index in [4.69, 9.17) is 0 Å². The van der Waals surface area contributed by atoms with E-state index in [2.05, 4.69) is 10.4 Å². The maximum Gasteiger partial charge on any atom is 0.269 e. The minimum Gasteiger partial charge on any atom is -0.388 e. The van der Waals surface area contributed by atoms with Crippen LogP contribution in [0.5, 0.6) is 0 Å². The molecule has 0 aliphatic heterocycles. The second-order valence-corrected chi connectivity index (χ2v) is 4.96. The molecular weight excluding hydrogens is 266 g/mol. The number of hydrogen-bond donors (Lipinski definition) is 2. The summed E-state index contributed by atoms with van der Waals surface area (Å²) in [5.74, 6) is -0.155. The van der Waals surface area contributed by atoms with Crippen molar-refractivity contribution < 1.29 is 9.90 Å². The molecule has 0 spiro atoms. The Hall–Kier alpha value is -2.14. The number of aromatic nitrogens is 2.